The standard InChI is InChI=1S/C16H24N4O/c1-4-13(2)15(21-3)10-17-11-16-19-18-12-20(16)14-8-6-5-7-9-14/h5-9,12-13,15,17H,4,10-11H2,1-3H3. The van der Waals surface area contributed by atoms with Crippen LogP contribution in [0.4, 0.5) is 0 Å². The first-order chi connectivity index (χ1) is 10.3. The SMILES string of the molecule is CCC(C)C(CNCc1nncn1-c1ccccc1)OC. The lowest BCUT2D eigenvalue weighted by atomic mass is 10.0. The smallest absolute Gasteiger partial charge is 0.151 e. The van der Waals surface area contributed by atoms with Crippen molar-refractivity contribution in [3.05, 3.63) is 42.5 Å². The molecule has 0 spiro atoms. The molecule has 0 radical (unpaired) electrons. The summed E-state index contributed by atoms with van der Waals surface area (Å²) < 4.78 is 7.53. The molecule has 21 heavy (non-hydrogen) atoms. The topological polar surface area (TPSA) is 52.0 Å². The molecule has 2 unspecified atom stereocenters. The van der Waals surface area contributed by atoms with Crippen molar-refractivity contribution in [1.29, 1.82) is 0 Å². The minimum Gasteiger partial charge on any atom is -0.380 e. The maximum Gasteiger partial charge on any atom is 0.151 e. The molecule has 5 heteroatoms. The van der Waals surface area contributed by atoms with Gasteiger partial charge in [0.05, 0.1) is 12.6 Å². The number of aromatic nitrogens is 3. The average molecular weight is 288 g/mol. The van der Waals surface area contributed by atoms with Gasteiger partial charge in [0.25, 0.3) is 0 Å². The predicted octanol–water partition coefficient (Wildman–Crippen LogP) is 2.42. The molecule has 2 aromatic rings. The lowest BCUT2D eigenvalue weighted by Gasteiger charge is -2.21. The zero-order valence-electron chi connectivity index (χ0n) is 13.0. The normalized spacial score (nSPS) is 14.0. The first-order valence-electron chi connectivity index (χ1n) is 7.44. The van der Waals surface area contributed by atoms with Crippen LogP contribution < -0.4 is 5.32 Å². The molecule has 5 nitrogen and oxygen atoms in total. The van der Waals surface area contributed by atoms with E-state index in [0.717, 1.165) is 24.5 Å². The Morgan fingerprint density at radius 2 is 2.05 bits per heavy atom. The molecule has 0 amide bonds. The van der Waals surface area contributed by atoms with Gasteiger partial charge in [-0.1, -0.05) is 38.5 Å². The van der Waals surface area contributed by atoms with E-state index in [2.05, 4.69) is 29.4 Å². The van der Waals surface area contributed by atoms with Crippen LogP contribution in [0.1, 0.15) is 26.1 Å². The molecular formula is C16H24N4O. The third-order valence-corrected chi connectivity index (χ3v) is 3.86. The predicted molar refractivity (Wildman–Crippen MR) is 83.3 cm³/mol. The summed E-state index contributed by atoms with van der Waals surface area (Å²) in [5, 5.41) is 11.6. The van der Waals surface area contributed by atoms with Gasteiger partial charge in [-0.3, -0.25) is 4.57 Å². The van der Waals surface area contributed by atoms with Crippen molar-refractivity contribution in [2.24, 2.45) is 5.92 Å². The molecule has 0 aliphatic heterocycles. The number of benzene rings is 1. The third kappa shape index (κ3) is 4.12. The maximum atomic E-state index is 5.53. The molecule has 1 N–H and O–H groups in total. The molecule has 0 saturated carbocycles. The van der Waals surface area contributed by atoms with Crippen molar-refractivity contribution in [1.82, 2.24) is 20.1 Å². The van der Waals surface area contributed by atoms with Crippen LogP contribution >= 0.6 is 0 Å². The van der Waals surface area contributed by atoms with E-state index in [-0.39, 0.29) is 6.10 Å². The molecule has 2 rings (SSSR count). The number of methoxy groups -OCH3 is 1. The molecular weight excluding hydrogens is 264 g/mol. The van der Waals surface area contributed by atoms with Gasteiger partial charge in [0, 0.05) is 19.3 Å². The van der Waals surface area contributed by atoms with Crippen LogP contribution in [0.3, 0.4) is 0 Å². The number of hydrogen-bond donors (Lipinski definition) is 1. The van der Waals surface area contributed by atoms with E-state index in [0.29, 0.717) is 12.5 Å². The fraction of sp³-hybridized carbons (Fsp3) is 0.500. The van der Waals surface area contributed by atoms with Crippen molar-refractivity contribution in [3.8, 4) is 5.69 Å². The number of rotatable bonds is 8. The summed E-state index contributed by atoms with van der Waals surface area (Å²) in [5.74, 6) is 1.44. The summed E-state index contributed by atoms with van der Waals surface area (Å²) in [6.07, 6.45) is 3.08. The van der Waals surface area contributed by atoms with Crippen molar-refractivity contribution in [3.63, 3.8) is 0 Å². The quantitative estimate of drug-likeness (QED) is 0.810. The van der Waals surface area contributed by atoms with Crippen LogP contribution in [0.2, 0.25) is 0 Å². The molecule has 114 valence electrons. The van der Waals surface area contributed by atoms with Gasteiger partial charge < -0.3 is 10.1 Å². The third-order valence-electron chi connectivity index (χ3n) is 3.86. The number of ether oxygens (including phenoxy) is 1. The van der Waals surface area contributed by atoms with Crippen LogP contribution in [0, 0.1) is 5.92 Å². The van der Waals surface area contributed by atoms with Gasteiger partial charge in [0.15, 0.2) is 5.82 Å². The van der Waals surface area contributed by atoms with E-state index in [1.54, 1.807) is 13.4 Å². The maximum absolute atomic E-state index is 5.53. The number of nitrogens with one attached hydrogen (secondary N) is 1. The highest BCUT2D eigenvalue weighted by Gasteiger charge is 2.15. The Morgan fingerprint density at radius 3 is 2.71 bits per heavy atom. The van der Waals surface area contributed by atoms with Crippen molar-refractivity contribution < 1.29 is 4.74 Å². The Morgan fingerprint density at radius 1 is 1.29 bits per heavy atom. The lowest BCUT2D eigenvalue weighted by molar-refractivity contribution is 0.0567. The van der Waals surface area contributed by atoms with Gasteiger partial charge >= 0.3 is 0 Å². The molecule has 1 heterocycles. The van der Waals surface area contributed by atoms with Crippen LogP contribution in [0.15, 0.2) is 36.7 Å². The van der Waals surface area contributed by atoms with Crippen LogP contribution in [-0.2, 0) is 11.3 Å². The molecule has 0 saturated heterocycles. The van der Waals surface area contributed by atoms with E-state index in [1.807, 2.05) is 34.9 Å². The summed E-state index contributed by atoms with van der Waals surface area (Å²) in [6, 6.07) is 10.1. The second kappa shape index (κ2) is 7.90. The van der Waals surface area contributed by atoms with Crippen molar-refractivity contribution in [2.45, 2.75) is 32.9 Å². The summed E-state index contributed by atoms with van der Waals surface area (Å²) >= 11 is 0. The molecule has 0 aliphatic carbocycles. The summed E-state index contributed by atoms with van der Waals surface area (Å²) in [4.78, 5) is 0. The Bertz CT molecular complexity index is 526. The molecule has 0 bridgehead atoms. The zero-order valence-corrected chi connectivity index (χ0v) is 13.0. The van der Waals surface area contributed by atoms with Crippen molar-refractivity contribution in [2.75, 3.05) is 13.7 Å². The second-order valence-corrected chi connectivity index (χ2v) is 5.24. The molecule has 0 aliphatic rings. The summed E-state index contributed by atoms with van der Waals surface area (Å²) in [5.41, 5.74) is 1.07. The van der Waals surface area contributed by atoms with Gasteiger partial charge in [-0.05, 0) is 18.1 Å². The van der Waals surface area contributed by atoms with E-state index < -0.39 is 0 Å². The summed E-state index contributed by atoms with van der Waals surface area (Å²) in [6.45, 7) is 5.88. The Labute approximate surface area is 126 Å². The van der Waals surface area contributed by atoms with Gasteiger partial charge in [0.1, 0.15) is 6.33 Å². The Hall–Kier alpha value is -1.72. The van der Waals surface area contributed by atoms with Crippen LogP contribution in [0.5, 0.6) is 0 Å². The second-order valence-electron chi connectivity index (χ2n) is 5.24. The van der Waals surface area contributed by atoms with Crippen LogP contribution in [0.25, 0.3) is 5.69 Å². The first-order valence-corrected chi connectivity index (χ1v) is 7.44. The molecule has 1 aromatic carbocycles. The molecule has 1 aromatic heterocycles. The van der Waals surface area contributed by atoms with E-state index in [1.165, 1.54) is 0 Å². The minimum atomic E-state index is 0.225. The lowest BCUT2D eigenvalue weighted by Crippen LogP contribution is -2.33. The fourth-order valence-electron chi connectivity index (χ4n) is 2.29. The Kier molecular flexibility index (Phi) is 5.90. The van der Waals surface area contributed by atoms with E-state index in [4.69, 9.17) is 4.74 Å². The zero-order chi connectivity index (χ0) is 15.1. The highest BCUT2D eigenvalue weighted by atomic mass is 16.5. The van der Waals surface area contributed by atoms with E-state index >= 15 is 0 Å². The number of hydrogen-bond acceptors (Lipinski definition) is 4. The van der Waals surface area contributed by atoms with Gasteiger partial charge in [-0.2, -0.15) is 0 Å². The van der Waals surface area contributed by atoms with Crippen LogP contribution in [-0.4, -0.2) is 34.5 Å². The average Bonchev–Trinajstić information content (AvgIpc) is 3.00. The minimum absolute atomic E-state index is 0.225. The van der Waals surface area contributed by atoms with Crippen molar-refractivity contribution >= 4 is 0 Å². The number of para-hydroxylation sites is 1. The largest absolute Gasteiger partial charge is 0.380 e. The van der Waals surface area contributed by atoms with Gasteiger partial charge in [-0.15, -0.1) is 10.2 Å². The Balaban J connectivity index is 1.94. The highest BCUT2D eigenvalue weighted by molar-refractivity contribution is 5.31. The fourth-order valence-corrected chi connectivity index (χ4v) is 2.29. The summed E-state index contributed by atoms with van der Waals surface area (Å²) in [7, 11) is 1.77. The first kappa shape index (κ1) is 15.7. The van der Waals surface area contributed by atoms with Gasteiger partial charge in [0.2, 0.25) is 0 Å². The molecule has 2 atom stereocenters. The highest BCUT2D eigenvalue weighted by Crippen LogP contribution is 2.11. The monoisotopic (exact) mass is 288 g/mol. The van der Waals surface area contributed by atoms with E-state index in [9.17, 15) is 0 Å². The number of nitrogens with zero attached hydrogens (tertiary/aromatic N) is 3. The van der Waals surface area contributed by atoms with Gasteiger partial charge in [-0.25, -0.2) is 0 Å². The molecule has 0 fully saturated rings.